The van der Waals surface area contributed by atoms with Crippen molar-refractivity contribution in [3.63, 3.8) is 0 Å². The van der Waals surface area contributed by atoms with Crippen LogP contribution in [0.4, 0.5) is 35.1 Å². The second-order valence-corrected chi connectivity index (χ2v) is 3.50. The van der Waals surface area contributed by atoms with Gasteiger partial charge in [0, 0.05) is 0 Å². The Morgan fingerprint density at radius 3 is 1.53 bits per heavy atom. The van der Waals surface area contributed by atoms with Gasteiger partial charge in [-0.2, -0.15) is 30.7 Å². The first-order valence-electron chi connectivity index (χ1n) is 3.03. The van der Waals surface area contributed by atoms with Gasteiger partial charge in [-0.3, -0.25) is 0 Å². The van der Waals surface area contributed by atoms with Crippen molar-refractivity contribution in [2.75, 3.05) is 0 Å². The highest BCUT2D eigenvalue weighted by Gasteiger charge is 2.82. The lowest BCUT2D eigenvalue weighted by molar-refractivity contribution is -0.403. The van der Waals surface area contributed by atoms with E-state index in [2.05, 4.69) is 4.74 Å². The molecule has 0 aromatic carbocycles. The summed E-state index contributed by atoms with van der Waals surface area (Å²) in [6, 6.07) is 0. The molecule has 0 bridgehead atoms. The Morgan fingerprint density at radius 1 is 1.00 bits per heavy atom. The molecule has 0 amide bonds. The minimum atomic E-state index is -6.04. The Morgan fingerprint density at radius 2 is 1.40 bits per heavy atom. The highest BCUT2D eigenvalue weighted by atomic mass is 79.9. The van der Waals surface area contributed by atoms with Gasteiger partial charge in [0.05, 0.1) is 0 Å². The molecule has 1 atom stereocenters. The SMILES string of the molecule is FC(F)(F)N1C(F)(F)OC(F)(F)C1(F)Br. The van der Waals surface area contributed by atoms with Crippen LogP contribution in [0.15, 0.2) is 0 Å². The predicted molar refractivity (Wildman–Crippen MR) is 31.6 cm³/mol. The largest absolute Gasteiger partial charge is 0.470 e. The van der Waals surface area contributed by atoms with Gasteiger partial charge in [-0.25, -0.2) is 9.13 Å². The molecule has 1 rings (SSSR count). The van der Waals surface area contributed by atoms with E-state index < -0.39 is 28.2 Å². The second-order valence-electron chi connectivity index (χ2n) is 2.45. The summed E-state index contributed by atoms with van der Waals surface area (Å²) in [5, 5.41) is 0. The van der Waals surface area contributed by atoms with Crippen molar-refractivity contribution in [1.29, 1.82) is 0 Å². The van der Waals surface area contributed by atoms with E-state index >= 15 is 0 Å². The van der Waals surface area contributed by atoms with E-state index in [0.29, 0.717) is 0 Å². The van der Waals surface area contributed by atoms with Gasteiger partial charge in [0.15, 0.2) is 0 Å². The van der Waals surface area contributed by atoms with Crippen LogP contribution in [0.3, 0.4) is 0 Å². The summed E-state index contributed by atoms with van der Waals surface area (Å²) in [6.07, 6.45) is -16.9. The monoisotopic (exact) mass is 309 g/mol. The fourth-order valence-corrected chi connectivity index (χ4v) is 1.35. The third-order valence-electron chi connectivity index (χ3n) is 1.40. The Bertz CT molecular complexity index is 274. The summed E-state index contributed by atoms with van der Waals surface area (Å²) >= 11 is 1.23. The van der Waals surface area contributed by atoms with Crippen molar-refractivity contribution in [3.8, 4) is 0 Å². The van der Waals surface area contributed by atoms with Gasteiger partial charge in [-0.05, 0) is 15.9 Å². The number of ether oxygens (including phenoxy) is 1. The number of rotatable bonds is 0. The van der Waals surface area contributed by atoms with Crippen molar-refractivity contribution in [1.82, 2.24) is 4.90 Å². The first-order valence-corrected chi connectivity index (χ1v) is 3.82. The first-order chi connectivity index (χ1) is 6.32. The summed E-state index contributed by atoms with van der Waals surface area (Å²) in [4.78, 5) is -2.35. The van der Waals surface area contributed by atoms with Gasteiger partial charge < -0.3 is 0 Å². The normalized spacial score (nSPS) is 35.8. The molecule has 0 radical (unpaired) electrons. The van der Waals surface area contributed by atoms with Crippen LogP contribution in [0, 0.1) is 0 Å². The zero-order valence-corrected chi connectivity index (χ0v) is 7.84. The predicted octanol–water partition coefficient (Wildman–Crippen LogP) is 3.00. The molecule has 1 fully saturated rings. The van der Waals surface area contributed by atoms with Gasteiger partial charge in [0.2, 0.25) is 0 Å². The van der Waals surface area contributed by atoms with Crippen molar-refractivity contribution in [3.05, 3.63) is 0 Å². The third kappa shape index (κ3) is 1.80. The maximum Gasteiger partial charge on any atom is 0.470 e. The van der Waals surface area contributed by atoms with Gasteiger partial charge in [0.1, 0.15) is 0 Å². The third-order valence-corrected chi connectivity index (χ3v) is 2.21. The van der Waals surface area contributed by atoms with E-state index in [1.807, 2.05) is 0 Å². The van der Waals surface area contributed by atoms with Crippen LogP contribution in [0.25, 0.3) is 0 Å². The first kappa shape index (κ1) is 12.9. The fourth-order valence-electron chi connectivity index (χ4n) is 0.862. The summed E-state index contributed by atoms with van der Waals surface area (Å²) in [5.41, 5.74) is 0. The average molecular weight is 310 g/mol. The molecule has 0 spiro atoms. The van der Waals surface area contributed by atoms with E-state index in [1.165, 1.54) is 15.9 Å². The number of nitrogens with zero attached hydrogens (tertiary/aromatic N) is 1. The number of halogens is 9. The standard InChI is InChI=1S/C4BrF8NO/c5-1(6)2(7,8)15-4(12,13)14(1)3(9,10)11. The zero-order valence-electron chi connectivity index (χ0n) is 6.26. The zero-order chi connectivity index (χ0) is 12.3. The molecule has 0 aromatic rings. The molecule has 0 aliphatic carbocycles. The summed E-state index contributed by atoms with van der Waals surface area (Å²) in [6.45, 7) is 0. The number of hydrogen-bond donors (Lipinski definition) is 0. The summed E-state index contributed by atoms with van der Waals surface area (Å²) < 4.78 is 95.3. The molecule has 1 unspecified atom stereocenters. The van der Waals surface area contributed by atoms with E-state index in [9.17, 15) is 35.1 Å². The topological polar surface area (TPSA) is 12.5 Å². The quantitative estimate of drug-likeness (QED) is 0.387. The molecular weight excluding hydrogens is 310 g/mol. The Kier molecular flexibility index (Phi) is 2.53. The van der Waals surface area contributed by atoms with Crippen LogP contribution < -0.4 is 0 Å². The molecule has 1 aliphatic heterocycles. The van der Waals surface area contributed by atoms with Crippen molar-refractivity contribution in [2.24, 2.45) is 0 Å². The second kappa shape index (κ2) is 2.94. The van der Waals surface area contributed by atoms with E-state index in [0.717, 1.165) is 0 Å². The minimum absolute atomic E-state index is 1.23. The lowest BCUT2D eigenvalue weighted by atomic mass is 10.5. The maximum atomic E-state index is 12.8. The van der Waals surface area contributed by atoms with E-state index in [4.69, 9.17) is 0 Å². The smallest absolute Gasteiger partial charge is 0.236 e. The number of alkyl halides is 9. The molecule has 0 saturated carbocycles. The molecular formula is C4BrF8NO. The van der Waals surface area contributed by atoms with E-state index in [-0.39, 0.29) is 0 Å². The van der Waals surface area contributed by atoms with Crippen molar-refractivity contribution >= 4 is 15.9 Å². The average Bonchev–Trinajstić information content (AvgIpc) is 1.87. The Balaban J connectivity index is 3.25. The van der Waals surface area contributed by atoms with Gasteiger partial charge >= 0.3 is 23.3 Å². The van der Waals surface area contributed by atoms with Crippen LogP contribution in [0.1, 0.15) is 0 Å². The molecule has 0 aromatic heterocycles. The van der Waals surface area contributed by atoms with Crippen molar-refractivity contribution in [2.45, 2.75) is 23.3 Å². The minimum Gasteiger partial charge on any atom is -0.236 e. The molecule has 0 N–H and O–H groups in total. The lowest BCUT2D eigenvalue weighted by Gasteiger charge is -2.28. The fraction of sp³-hybridized carbons (Fsp3) is 1.00. The molecule has 1 heterocycles. The van der Waals surface area contributed by atoms with E-state index in [1.54, 1.807) is 0 Å². The van der Waals surface area contributed by atoms with Crippen LogP contribution in [0.2, 0.25) is 0 Å². The van der Waals surface area contributed by atoms with Gasteiger partial charge in [0.25, 0.3) is 0 Å². The van der Waals surface area contributed by atoms with Crippen LogP contribution in [0.5, 0.6) is 0 Å². The maximum absolute atomic E-state index is 12.8. The Hall–Kier alpha value is -0.160. The number of hydrogen-bond acceptors (Lipinski definition) is 2. The molecule has 1 saturated heterocycles. The molecule has 15 heavy (non-hydrogen) atoms. The highest BCUT2D eigenvalue weighted by Crippen LogP contribution is 2.58. The molecule has 2 nitrogen and oxygen atoms in total. The lowest BCUT2D eigenvalue weighted by Crippen LogP contribution is -2.55. The van der Waals surface area contributed by atoms with Crippen LogP contribution in [-0.2, 0) is 4.74 Å². The summed E-state index contributed by atoms with van der Waals surface area (Å²) in [5.74, 6) is 0. The summed E-state index contributed by atoms with van der Waals surface area (Å²) in [7, 11) is 0. The molecule has 1 aliphatic rings. The van der Waals surface area contributed by atoms with Gasteiger partial charge in [-0.15, -0.1) is 0 Å². The highest BCUT2D eigenvalue weighted by molar-refractivity contribution is 9.10. The molecule has 11 heteroatoms. The molecule has 90 valence electrons. The van der Waals surface area contributed by atoms with Gasteiger partial charge in [-0.1, -0.05) is 4.90 Å². The van der Waals surface area contributed by atoms with Crippen LogP contribution >= 0.6 is 15.9 Å². The Labute approximate surface area is 84.9 Å². The van der Waals surface area contributed by atoms with Crippen LogP contribution in [-0.4, -0.2) is 28.2 Å². The van der Waals surface area contributed by atoms with Crippen molar-refractivity contribution < 1.29 is 39.9 Å².